The smallest absolute Gasteiger partial charge is 0.335 e. The highest BCUT2D eigenvalue weighted by Crippen LogP contribution is 2.17. The molecule has 0 aliphatic carbocycles. The van der Waals surface area contributed by atoms with E-state index in [-0.39, 0.29) is 17.8 Å². The number of fused-ring (bicyclic) bond motifs is 1. The number of allylic oxidation sites excluding steroid dienone is 1. The van der Waals surface area contributed by atoms with Gasteiger partial charge in [0.05, 0.1) is 5.56 Å². The second-order valence-corrected chi connectivity index (χ2v) is 4.79. The van der Waals surface area contributed by atoms with Crippen molar-refractivity contribution in [2.45, 2.75) is 19.1 Å². The van der Waals surface area contributed by atoms with Gasteiger partial charge in [-0.2, -0.15) is 5.10 Å². The molecule has 0 amide bonds. The number of nitrogens with zero attached hydrogens (tertiary/aromatic N) is 3. The van der Waals surface area contributed by atoms with Gasteiger partial charge in [0.1, 0.15) is 6.04 Å². The fourth-order valence-corrected chi connectivity index (χ4v) is 2.16. The number of aryl methyl sites for hydroxylation is 1. The van der Waals surface area contributed by atoms with Gasteiger partial charge in [-0.05, 0) is 36.8 Å². The van der Waals surface area contributed by atoms with Gasteiger partial charge in [-0.25, -0.2) is 9.80 Å². The van der Waals surface area contributed by atoms with Gasteiger partial charge >= 0.3 is 5.97 Å². The van der Waals surface area contributed by atoms with E-state index in [1.165, 1.54) is 0 Å². The van der Waals surface area contributed by atoms with Gasteiger partial charge in [0.15, 0.2) is 6.17 Å². The number of carboxylic acids is 1. The minimum Gasteiger partial charge on any atom is -0.478 e. The number of hydrogen-bond acceptors (Lipinski definition) is 4. The SMILES string of the molecule is Cc1ccc(C(=O)O)cc1C#CC1C=NC2C=CC=NN12. The molecule has 1 aromatic carbocycles. The predicted molar refractivity (Wildman–Crippen MR) is 80.6 cm³/mol. The molecule has 104 valence electrons. The van der Waals surface area contributed by atoms with Crippen molar-refractivity contribution in [2.75, 3.05) is 0 Å². The van der Waals surface area contributed by atoms with Gasteiger partial charge in [-0.15, -0.1) is 0 Å². The van der Waals surface area contributed by atoms with Crippen LogP contribution in [0, 0.1) is 18.8 Å². The lowest BCUT2D eigenvalue weighted by atomic mass is 10.1. The number of carboxylic acid groups (broad SMARTS) is 1. The molecule has 0 saturated carbocycles. The molecule has 0 aromatic heterocycles. The highest BCUT2D eigenvalue weighted by molar-refractivity contribution is 5.88. The van der Waals surface area contributed by atoms with Crippen molar-refractivity contribution in [3.63, 3.8) is 0 Å². The van der Waals surface area contributed by atoms with Crippen LogP contribution in [0.2, 0.25) is 0 Å². The first kappa shape index (κ1) is 13.1. The van der Waals surface area contributed by atoms with E-state index in [1.807, 2.05) is 24.1 Å². The molecular weight excluding hydrogens is 266 g/mol. The van der Waals surface area contributed by atoms with E-state index in [0.29, 0.717) is 5.56 Å². The molecule has 3 rings (SSSR count). The monoisotopic (exact) mass is 279 g/mol. The number of aliphatic imine (C=N–C) groups is 1. The normalized spacial score (nSPS) is 21.9. The van der Waals surface area contributed by atoms with Crippen molar-refractivity contribution in [2.24, 2.45) is 10.1 Å². The van der Waals surface area contributed by atoms with Gasteiger partial charge in [-0.1, -0.05) is 17.9 Å². The summed E-state index contributed by atoms with van der Waals surface area (Å²) in [4.78, 5) is 15.3. The molecule has 2 atom stereocenters. The Bertz CT molecular complexity index is 738. The summed E-state index contributed by atoms with van der Waals surface area (Å²) >= 11 is 0. The summed E-state index contributed by atoms with van der Waals surface area (Å²) in [5.41, 5.74) is 1.89. The van der Waals surface area contributed by atoms with E-state index in [0.717, 1.165) is 5.56 Å². The average molecular weight is 279 g/mol. The van der Waals surface area contributed by atoms with E-state index in [1.54, 1.807) is 30.6 Å². The third-order valence-corrected chi connectivity index (χ3v) is 3.34. The Morgan fingerprint density at radius 2 is 2.29 bits per heavy atom. The maximum Gasteiger partial charge on any atom is 0.335 e. The molecule has 5 nitrogen and oxygen atoms in total. The lowest BCUT2D eigenvalue weighted by Gasteiger charge is -2.22. The van der Waals surface area contributed by atoms with Crippen LogP contribution in [0.4, 0.5) is 0 Å². The summed E-state index contributed by atoms with van der Waals surface area (Å²) in [6.07, 6.45) is 7.19. The highest BCUT2D eigenvalue weighted by Gasteiger charge is 2.26. The summed E-state index contributed by atoms with van der Waals surface area (Å²) in [5.74, 6) is 5.18. The second-order valence-electron chi connectivity index (χ2n) is 4.79. The summed E-state index contributed by atoms with van der Waals surface area (Å²) < 4.78 is 0. The zero-order valence-corrected chi connectivity index (χ0v) is 11.4. The third-order valence-electron chi connectivity index (χ3n) is 3.34. The average Bonchev–Trinajstić information content (AvgIpc) is 2.89. The van der Waals surface area contributed by atoms with Crippen molar-refractivity contribution < 1.29 is 9.90 Å². The first-order valence-corrected chi connectivity index (χ1v) is 6.53. The fourth-order valence-electron chi connectivity index (χ4n) is 2.16. The van der Waals surface area contributed by atoms with Crippen LogP contribution in [0.15, 0.2) is 40.4 Å². The zero-order chi connectivity index (χ0) is 14.8. The molecule has 2 unspecified atom stereocenters. The van der Waals surface area contributed by atoms with Crippen LogP contribution in [-0.2, 0) is 0 Å². The van der Waals surface area contributed by atoms with Crippen molar-refractivity contribution in [3.8, 4) is 11.8 Å². The molecule has 2 aliphatic heterocycles. The Hall–Kier alpha value is -2.87. The van der Waals surface area contributed by atoms with E-state index in [4.69, 9.17) is 5.11 Å². The van der Waals surface area contributed by atoms with Crippen LogP contribution in [0.25, 0.3) is 0 Å². The lowest BCUT2D eigenvalue weighted by Crippen LogP contribution is -2.32. The minimum absolute atomic E-state index is 0.0826. The van der Waals surface area contributed by atoms with E-state index < -0.39 is 5.97 Å². The molecule has 1 N–H and O–H groups in total. The third kappa shape index (κ3) is 2.56. The maximum atomic E-state index is 11.0. The van der Waals surface area contributed by atoms with Gasteiger partial charge in [0.2, 0.25) is 0 Å². The number of hydrogen-bond donors (Lipinski definition) is 1. The number of carbonyl (C=O) groups is 1. The van der Waals surface area contributed by atoms with Crippen LogP contribution in [0.5, 0.6) is 0 Å². The van der Waals surface area contributed by atoms with Crippen molar-refractivity contribution in [1.82, 2.24) is 5.01 Å². The topological polar surface area (TPSA) is 65.3 Å². The van der Waals surface area contributed by atoms with Crippen LogP contribution < -0.4 is 0 Å². The van der Waals surface area contributed by atoms with Crippen LogP contribution in [0.1, 0.15) is 21.5 Å². The Kier molecular flexibility index (Phi) is 3.28. The van der Waals surface area contributed by atoms with E-state index >= 15 is 0 Å². The Morgan fingerprint density at radius 3 is 3.10 bits per heavy atom. The first-order chi connectivity index (χ1) is 10.1. The molecular formula is C16H13N3O2. The largest absolute Gasteiger partial charge is 0.478 e. The van der Waals surface area contributed by atoms with Crippen LogP contribution in [0.3, 0.4) is 0 Å². The standard InChI is InChI=1S/C16H13N3O2/c1-11-4-5-13(16(20)21)9-12(11)6-7-14-10-17-15-3-2-8-18-19(14)15/h2-5,8-10,14-15H,1H3,(H,20,21). The highest BCUT2D eigenvalue weighted by atomic mass is 16.4. The fraction of sp³-hybridized carbons (Fsp3) is 0.188. The summed E-state index contributed by atoms with van der Waals surface area (Å²) in [7, 11) is 0. The van der Waals surface area contributed by atoms with E-state index in [2.05, 4.69) is 21.9 Å². The number of hydrazone groups is 1. The van der Waals surface area contributed by atoms with Crippen molar-refractivity contribution in [3.05, 3.63) is 47.0 Å². The van der Waals surface area contributed by atoms with Crippen molar-refractivity contribution in [1.29, 1.82) is 0 Å². The molecule has 2 heterocycles. The van der Waals surface area contributed by atoms with Crippen molar-refractivity contribution >= 4 is 18.4 Å². The Balaban J connectivity index is 1.87. The van der Waals surface area contributed by atoms with Gasteiger partial charge in [-0.3, -0.25) is 4.99 Å². The van der Waals surface area contributed by atoms with E-state index in [9.17, 15) is 4.79 Å². The Labute approximate surface area is 122 Å². The molecule has 2 aliphatic rings. The van der Waals surface area contributed by atoms with Gasteiger partial charge < -0.3 is 5.11 Å². The number of benzene rings is 1. The number of rotatable bonds is 1. The second kappa shape index (κ2) is 5.25. The zero-order valence-electron chi connectivity index (χ0n) is 11.4. The minimum atomic E-state index is -0.952. The molecule has 0 saturated heterocycles. The molecule has 0 radical (unpaired) electrons. The first-order valence-electron chi connectivity index (χ1n) is 6.53. The molecule has 5 heteroatoms. The van der Waals surface area contributed by atoms with Gasteiger partial charge in [0, 0.05) is 18.0 Å². The molecule has 0 bridgehead atoms. The quantitative estimate of drug-likeness (QED) is 0.795. The summed E-state index contributed by atoms with van der Waals surface area (Å²) in [5, 5.41) is 15.1. The summed E-state index contributed by atoms with van der Waals surface area (Å²) in [6.45, 7) is 1.91. The molecule has 0 spiro atoms. The molecule has 1 aromatic rings. The predicted octanol–water partition coefficient (Wildman–Crippen LogP) is 1.68. The van der Waals surface area contributed by atoms with Crippen LogP contribution in [-0.4, -0.2) is 40.7 Å². The summed E-state index contributed by atoms with van der Waals surface area (Å²) in [6, 6.07) is 4.74. The molecule has 0 fully saturated rings. The molecule has 21 heavy (non-hydrogen) atoms. The van der Waals surface area contributed by atoms with Gasteiger partial charge in [0.25, 0.3) is 0 Å². The lowest BCUT2D eigenvalue weighted by molar-refractivity contribution is 0.0697. The Morgan fingerprint density at radius 1 is 1.43 bits per heavy atom. The number of aromatic carboxylic acids is 1. The van der Waals surface area contributed by atoms with Crippen LogP contribution >= 0.6 is 0 Å². The maximum absolute atomic E-state index is 11.0.